The molecule has 1 aromatic carbocycles. The number of aromatic nitrogens is 1. The molecule has 11 heteroatoms. The summed E-state index contributed by atoms with van der Waals surface area (Å²) in [6.07, 6.45) is 2.36. The molecule has 3 aliphatic heterocycles. The number of pyridine rings is 1. The van der Waals surface area contributed by atoms with Crippen LogP contribution in [0.25, 0.3) is 0 Å². The summed E-state index contributed by atoms with van der Waals surface area (Å²) < 4.78 is 26.8. The summed E-state index contributed by atoms with van der Waals surface area (Å²) in [6, 6.07) is 6.92. The number of carbonyl (C=O) groups is 2. The minimum absolute atomic E-state index is 0.0522. The average Bonchev–Trinajstić information content (AvgIpc) is 3.42. The number of urea groups is 1. The molecule has 10 nitrogen and oxygen atoms in total. The molecule has 4 heterocycles. The lowest BCUT2D eigenvalue weighted by atomic mass is 10.1. The molecule has 3 amide bonds. The standard InChI is InChI=1S/C24H30N6O4S/c1-17-14-18(2)22(26-16-17)27-9-11-28(12-10-27)23(31)20-5-4-19(29-8-6-25-24(29)32)15-21(20)30-7-3-13-35(30,33)34/h4-5,14-16H,3,6-13H2,1-2H3,(H,25,32). The van der Waals surface area contributed by atoms with Gasteiger partial charge in [-0.3, -0.25) is 14.0 Å². The fourth-order valence-corrected chi connectivity index (χ4v) is 6.61. The van der Waals surface area contributed by atoms with Crippen molar-refractivity contribution in [3.63, 3.8) is 0 Å². The first kappa shape index (κ1) is 23.4. The number of hydrogen-bond donors (Lipinski definition) is 1. The van der Waals surface area contributed by atoms with Crippen LogP contribution in [-0.4, -0.2) is 81.8 Å². The van der Waals surface area contributed by atoms with Gasteiger partial charge in [0, 0.05) is 57.7 Å². The van der Waals surface area contributed by atoms with Crippen LogP contribution in [0.5, 0.6) is 0 Å². The number of aryl methyl sites for hydroxylation is 2. The van der Waals surface area contributed by atoms with E-state index < -0.39 is 10.0 Å². The van der Waals surface area contributed by atoms with Crippen LogP contribution < -0.4 is 19.4 Å². The first-order valence-corrected chi connectivity index (χ1v) is 13.5. The number of nitrogens with zero attached hydrogens (tertiary/aromatic N) is 5. The molecule has 3 aliphatic rings. The normalized spacial score (nSPS) is 19.9. The third-order valence-electron chi connectivity index (χ3n) is 6.80. The van der Waals surface area contributed by atoms with Crippen LogP contribution in [0, 0.1) is 13.8 Å². The van der Waals surface area contributed by atoms with Crippen molar-refractivity contribution < 1.29 is 18.0 Å². The Morgan fingerprint density at radius 2 is 1.80 bits per heavy atom. The van der Waals surface area contributed by atoms with E-state index in [0.29, 0.717) is 69.2 Å². The molecule has 0 atom stereocenters. The fraction of sp³-hybridized carbons (Fsp3) is 0.458. The monoisotopic (exact) mass is 498 g/mol. The Labute approximate surface area is 205 Å². The summed E-state index contributed by atoms with van der Waals surface area (Å²) in [5, 5.41) is 2.76. The van der Waals surface area contributed by atoms with Gasteiger partial charge < -0.3 is 15.1 Å². The van der Waals surface area contributed by atoms with Crippen LogP contribution >= 0.6 is 0 Å². The zero-order valence-electron chi connectivity index (χ0n) is 20.0. The van der Waals surface area contributed by atoms with E-state index in [1.54, 1.807) is 28.0 Å². The predicted octanol–water partition coefficient (Wildman–Crippen LogP) is 1.73. The number of rotatable bonds is 4. The first-order valence-electron chi connectivity index (χ1n) is 11.9. The van der Waals surface area contributed by atoms with E-state index in [1.165, 1.54) is 4.31 Å². The number of carbonyl (C=O) groups excluding carboxylic acids is 2. The van der Waals surface area contributed by atoms with Crippen LogP contribution in [0.3, 0.4) is 0 Å². The topological polar surface area (TPSA) is 106 Å². The van der Waals surface area contributed by atoms with E-state index in [2.05, 4.69) is 21.3 Å². The molecule has 0 spiro atoms. The number of amides is 3. The third-order valence-corrected chi connectivity index (χ3v) is 8.66. The molecule has 35 heavy (non-hydrogen) atoms. The lowest BCUT2D eigenvalue weighted by molar-refractivity contribution is 0.0747. The number of piperazine rings is 1. The van der Waals surface area contributed by atoms with Crippen LogP contribution in [0.15, 0.2) is 30.5 Å². The maximum Gasteiger partial charge on any atom is 0.321 e. The van der Waals surface area contributed by atoms with Gasteiger partial charge in [0.2, 0.25) is 10.0 Å². The second kappa shape index (κ2) is 9.03. The van der Waals surface area contributed by atoms with E-state index in [1.807, 2.05) is 20.0 Å². The highest BCUT2D eigenvalue weighted by Crippen LogP contribution is 2.33. The van der Waals surface area contributed by atoms with E-state index >= 15 is 0 Å². The van der Waals surface area contributed by atoms with Crippen molar-refractivity contribution in [2.75, 3.05) is 65.7 Å². The molecule has 0 radical (unpaired) electrons. The molecular weight excluding hydrogens is 468 g/mol. The van der Waals surface area contributed by atoms with Gasteiger partial charge in [0.1, 0.15) is 5.82 Å². The molecule has 1 N–H and O–H groups in total. The Balaban J connectivity index is 1.40. The molecule has 0 saturated carbocycles. The quantitative estimate of drug-likeness (QED) is 0.688. The van der Waals surface area contributed by atoms with Crippen LogP contribution in [0.2, 0.25) is 0 Å². The lowest BCUT2D eigenvalue weighted by Crippen LogP contribution is -2.49. The average molecular weight is 499 g/mol. The van der Waals surface area contributed by atoms with Gasteiger partial charge in [0.05, 0.1) is 17.0 Å². The van der Waals surface area contributed by atoms with Gasteiger partial charge in [-0.2, -0.15) is 0 Å². The van der Waals surface area contributed by atoms with Gasteiger partial charge in [0.15, 0.2) is 0 Å². The summed E-state index contributed by atoms with van der Waals surface area (Å²) >= 11 is 0. The van der Waals surface area contributed by atoms with Gasteiger partial charge >= 0.3 is 6.03 Å². The Bertz CT molecular complexity index is 1270. The lowest BCUT2D eigenvalue weighted by Gasteiger charge is -2.36. The number of anilines is 3. The second-order valence-corrected chi connectivity index (χ2v) is 11.3. The maximum atomic E-state index is 13.6. The smallest absolute Gasteiger partial charge is 0.321 e. The van der Waals surface area contributed by atoms with E-state index in [0.717, 1.165) is 16.9 Å². The van der Waals surface area contributed by atoms with E-state index in [-0.39, 0.29) is 17.7 Å². The summed E-state index contributed by atoms with van der Waals surface area (Å²) in [6.45, 7) is 7.70. The maximum absolute atomic E-state index is 13.6. The van der Waals surface area contributed by atoms with Crippen molar-refractivity contribution in [3.8, 4) is 0 Å². The minimum atomic E-state index is -3.51. The Kier molecular flexibility index (Phi) is 6.04. The van der Waals surface area contributed by atoms with Crippen molar-refractivity contribution in [2.24, 2.45) is 0 Å². The van der Waals surface area contributed by atoms with Gasteiger partial charge in [-0.25, -0.2) is 18.2 Å². The van der Waals surface area contributed by atoms with Crippen molar-refractivity contribution in [2.45, 2.75) is 20.3 Å². The number of hydrogen-bond acceptors (Lipinski definition) is 6. The number of benzene rings is 1. The molecule has 2 aromatic rings. The Morgan fingerprint density at radius 3 is 2.43 bits per heavy atom. The molecule has 0 unspecified atom stereocenters. The fourth-order valence-electron chi connectivity index (χ4n) is 5.03. The second-order valence-electron chi connectivity index (χ2n) is 9.26. The largest absolute Gasteiger partial charge is 0.353 e. The zero-order valence-corrected chi connectivity index (χ0v) is 20.8. The van der Waals surface area contributed by atoms with Crippen LogP contribution in [0.1, 0.15) is 27.9 Å². The SMILES string of the molecule is Cc1cnc(N2CCN(C(=O)c3ccc(N4CCNC4=O)cc3N3CCCS3(=O)=O)CC2)c(C)c1. The number of nitrogens with one attached hydrogen (secondary N) is 1. The van der Waals surface area contributed by atoms with Gasteiger partial charge in [0.25, 0.3) is 5.91 Å². The van der Waals surface area contributed by atoms with Crippen molar-refractivity contribution >= 4 is 39.2 Å². The highest BCUT2D eigenvalue weighted by molar-refractivity contribution is 7.93. The van der Waals surface area contributed by atoms with Gasteiger partial charge in [-0.05, 0) is 49.6 Å². The predicted molar refractivity (Wildman–Crippen MR) is 135 cm³/mol. The molecule has 5 rings (SSSR count). The summed E-state index contributed by atoms with van der Waals surface area (Å²) in [4.78, 5) is 35.9. The Hall–Kier alpha value is -3.34. The third kappa shape index (κ3) is 4.40. The van der Waals surface area contributed by atoms with E-state index in [9.17, 15) is 18.0 Å². The molecule has 1 aromatic heterocycles. The molecule has 186 valence electrons. The van der Waals surface area contributed by atoms with Crippen molar-refractivity contribution in [1.82, 2.24) is 15.2 Å². The molecular formula is C24H30N6O4S. The van der Waals surface area contributed by atoms with Gasteiger partial charge in [-0.15, -0.1) is 0 Å². The van der Waals surface area contributed by atoms with Crippen LogP contribution in [0.4, 0.5) is 22.0 Å². The molecule has 3 saturated heterocycles. The zero-order chi connectivity index (χ0) is 24.7. The first-order chi connectivity index (χ1) is 16.7. The summed E-state index contributed by atoms with van der Waals surface area (Å²) in [5.41, 5.74) is 3.49. The summed E-state index contributed by atoms with van der Waals surface area (Å²) in [7, 11) is -3.51. The van der Waals surface area contributed by atoms with Crippen LogP contribution in [-0.2, 0) is 10.0 Å². The van der Waals surface area contributed by atoms with Crippen molar-refractivity contribution in [3.05, 3.63) is 47.2 Å². The van der Waals surface area contributed by atoms with E-state index in [4.69, 9.17) is 0 Å². The molecule has 0 aliphatic carbocycles. The van der Waals surface area contributed by atoms with Crippen molar-refractivity contribution in [1.29, 1.82) is 0 Å². The minimum Gasteiger partial charge on any atom is -0.353 e. The van der Waals surface area contributed by atoms with Gasteiger partial charge in [-0.1, -0.05) is 6.07 Å². The highest BCUT2D eigenvalue weighted by Gasteiger charge is 2.34. The molecule has 0 bridgehead atoms. The Morgan fingerprint density at radius 1 is 1.03 bits per heavy atom. The summed E-state index contributed by atoms with van der Waals surface area (Å²) in [5.74, 6) is 0.781. The number of sulfonamides is 1. The molecule has 3 fully saturated rings. The highest BCUT2D eigenvalue weighted by atomic mass is 32.2.